The summed E-state index contributed by atoms with van der Waals surface area (Å²) < 4.78 is 1.97. The summed E-state index contributed by atoms with van der Waals surface area (Å²) in [5, 5.41) is 3.41. The van der Waals surface area contributed by atoms with Gasteiger partial charge in [0.2, 0.25) is 5.91 Å². The van der Waals surface area contributed by atoms with Crippen LogP contribution in [0.2, 0.25) is 0 Å². The third-order valence-corrected chi connectivity index (χ3v) is 5.21. The zero-order valence-electron chi connectivity index (χ0n) is 18.6. The summed E-state index contributed by atoms with van der Waals surface area (Å²) in [5.41, 5.74) is 0.760. The molecule has 1 saturated heterocycles. The molecule has 0 radical (unpaired) electrons. The predicted octanol–water partition coefficient (Wildman–Crippen LogP) is 2.60. The van der Waals surface area contributed by atoms with Crippen LogP contribution < -0.4 is 5.32 Å². The molecular weight excluding hydrogens is 493 g/mol. The van der Waals surface area contributed by atoms with Crippen molar-refractivity contribution in [1.29, 1.82) is 0 Å². The molecule has 0 aromatic carbocycles. The average molecular weight is 525 g/mol. The minimum Gasteiger partial charge on any atom is -0.352 e. The lowest BCUT2D eigenvalue weighted by atomic mass is 9.96. The van der Waals surface area contributed by atoms with Crippen LogP contribution in [0.25, 0.3) is 5.82 Å². The molecule has 0 unspecified atom stereocenters. The number of halogens is 1. The van der Waals surface area contributed by atoms with Gasteiger partial charge in [0.1, 0.15) is 11.6 Å². The van der Waals surface area contributed by atoms with Gasteiger partial charge in [-0.1, -0.05) is 6.07 Å². The van der Waals surface area contributed by atoms with Gasteiger partial charge in [0.05, 0.1) is 12.1 Å². The van der Waals surface area contributed by atoms with E-state index >= 15 is 0 Å². The number of rotatable bonds is 4. The Morgan fingerprint density at radius 1 is 1.30 bits per heavy atom. The van der Waals surface area contributed by atoms with Crippen molar-refractivity contribution in [2.24, 2.45) is 4.99 Å². The Balaban J connectivity index is 0.00000320. The summed E-state index contributed by atoms with van der Waals surface area (Å²) in [7, 11) is 1.75. The van der Waals surface area contributed by atoms with E-state index < -0.39 is 0 Å². The average Bonchev–Trinajstić information content (AvgIpc) is 3.06. The van der Waals surface area contributed by atoms with Crippen LogP contribution in [0.5, 0.6) is 0 Å². The van der Waals surface area contributed by atoms with E-state index in [9.17, 15) is 4.79 Å². The van der Waals surface area contributed by atoms with E-state index in [2.05, 4.69) is 48.0 Å². The quantitative estimate of drug-likeness (QED) is 0.377. The highest BCUT2D eigenvalue weighted by Gasteiger charge is 2.40. The summed E-state index contributed by atoms with van der Waals surface area (Å²) in [5.74, 6) is 2.56. The maximum Gasteiger partial charge on any atom is 0.242 e. The van der Waals surface area contributed by atoms with Crippen molar-refractivity contribution >= 4 is 35.8 Å². The summed E-state index contributed by atoms with van der Waals surface area (Å²) in [6.07, 6.45) is 5.45. The minimum absolute atomic E-state index is 0. The number of hydrogen-bond acceptors (Lipinski definition) is 4. The molecule has 1 aliphatic heterocycles. The molecule has 164 valence electrons. The molecule has 8 nitrogen and oxygen atoms in total. The van der Waals surface area contributed by atoms with Crippen LogP contribution in [0.15, 0.2) is 35.7 Å². The van der Waals surface area contributed by atoms with Crippen LogP contribution in [0.1, 0.15) is 39.1 Å². The number of nitrogens with one attached hydrogen (secondary N) is 1. The van der Waals surface area contributed by atoms with Crippen LogP contribution in [0.3, 0.4) is 0 Å². The Morgan fingerprint density at radius 3 is 2.60 bits per heavy atom. The number of aromatic nitrogens is 3. The third-order valence-electron chi connectivity index (χ3n) is 5.21. The van der Waals surface area contributed by atoms with E-state index in [1.807, 2.05) is 39.6 Å². The van der Waals surface area contributed by atoms with Crippen molar-refractivity contribution in [3.63, 3.8) is 0 Å². The topological polar surface area (TPSA) is 78.6 Å². The Morgan fingerprint density at radius 2 is 2.03 bits per heavy atom. The molecule has 1 fully saturated rings. The van der Waals surface area contributed by atoms with Gasteiger partial charge in [-0.25, -0.2) is 9.97 Å². The van der Waals surface area contributed by atoms with Gasteiger partial charge in [-0.2, -0.15) is 0 Å². The molecule has 2 aromatic heterocycles. The maximum atomic E-state index is 12.8. The summed E-state index contributed by atoms with van der Waals surface area (Å²) >= 11 is 0. The maximum absolute atomic E-state index is 12.8. The number of carbonyl (C=O) groups is 1. The van der Waals surface area contributed by atoms with E-state index in [1.165, 1.54) is 0 Å². The highest BCUT2D eigenvalue weighted by molar-refractivity contribution is 14.0. The standard InChI is InChI=1S/C21H31N7O.HI/c1-15(2)28-18(29)13-26(14-21(28,4)5)20(22-6)25-12-17-8-7-9-24-19(17)27-11-10-23-16(27)3;/h7-11,15H,12-14H2,1-6H3,(H,22,25);1H. The highest BCUT2D eigenvalue weighted by Crippen LogP contribution is 2.24. The van der Waals surface area contributed by atoms with Crippen LogP contribution >= 0.6 is 24.0 Å². The van der Waals surface area contributed by atoms with Gasteiger partial charge in [0, 0.05) is 50.3 Å². The number of guanidine groups is 1. The van der Waals surface area contributed by atoms with Gasteiger partial charge in [0.25, 0.3) is 0 Å². The molecule has 0 bridgehead atoms. The summed E-state index contributed by atoms with van der Waals surface area (Å²) in [6.45, 7) is 11.9. The van der Waals surface area contributed by atoms with E-state index in [0.29, 0.717) is 19.0 Å². The lowest BCUT2D eigenvalue weighted by Crippen LogP contribution is -2.66. The van der Waals surface area contributed by atoms with Crippen molar-refractivity contribution in [2.45, 2.75) is 52.7 Å². The lowest BCUT2D eigenvalue weighted by molar-refractivity contribution is -0.145. The fraction of sp³-hybridized carbons (Fsp3) is 0.524. The molecule has 1 N–H and O–H groups in total. The zero-order chi connectivity index (χ0) is 21.2. The number of aliphatic imine (C=N–C) groups is 1. The molecule has 2 aromatic rings. The second-order valence-electron chi connectivity index (χ2n) is 8.26. The highest BCUT2D eigenvalue weighted by atomic mass is 127. The first-order chi connectivity index (χ1) is 13.7. The molecule has 3 rings (SSSR count). The zero-order valence-corrected chi connectivity index (χ0v) is 20.9. The number of aryl methyl sites for hydroxylation is 1. The number of carbonyl (C=O) groups excluding carboxylic acids is 1. The normalized spacial score (nSPS) is 16.6. The first kappa shape index (κ1) is 24.1. The van der Waals surface area contributed by atoms with Gasteiger partial charge in [-0.15, -0.1) is 24.0 Å². The van der Waals surface area contributed by atoms with Crippen LogP contribution in [-0.2, 0) is 11.3 Å². The minimum atomic E-state index is -0.269. The first-order valence-electron chi connectivity index (χ1n) is 9.96. The summed E-state index contributed by atoms with van der Waals surface area (Å²) in [6, 6.07) is 4.13. The van der Waals surface area contributed by atoms with Gasteiger partial charge >= 0.3 is 0 Å². The first-order valence-corrected chi connectivity index (χ1v) is 9.96. The van der Waals surface area contributed by atoms with Crippen molar-refractivity contribution in [3.8, 4) is 5.82 Å². The number of imidazole rings is 1. The number of nitrogens with zero attached hydrogens (tertiary/aromatic N) is 6. The molecule has 1 amide bonds. The largest absolute Gasteiger partial charge is 0.352 e. The molecule has 0 aliphatic carbocycles. The summed E-state index contributed by atoms with van der Waals surface area (Å²) in [4.78, 5) is 30.0. The van der Waals surface area contributed by atoms with Gasteiger partial charge < -0.3 is 15.1 Å². The van der Waals surface area contributed by atoms with Crippen LogP contribution in [-0.4, -0.2) is 67.9 Å². The van der Waals surface area contributed by atoms with Crippen LogP contribution in [0.4, 0.5) is 0 Å². The van der Waals surface area contributed by atoms with E-state index in [0.717, 1.165) is 23.8 Å². The Labute approximate surface area is 195 Å². The van der Waals surface area contributed by atoms with E-state index in [-0.39, 0.29) is 41.5 Å². The molecule has 30 heavy (non-hydrogen) atoms. The second kappa shape index (κ2) is 9.76. The lowest BCUT2D eigenvalue weighted by Gasteiger charge is -2.49. The number of amides is 1. The molecule has 0 spiro atoms. The van der Waals surface area contributed by atoms with Crippen molar-refractivity contribution in [2.75, 3.05) is 20.1 Å². The van der Waals surface area contributed by atoms with Gasteiger partial charge in [0.15, 0.2) is 5.96 Å². The molecule has 0 saturated carbocycles. The second-order valence-corrected chi connectivity index (χ2v) is 8.26. The number of pyridine rings is 1. The monoisotopic (exact) mass is 525 g/mol. The van der Waals surface area contributed by atoms with Crippen molar-refractivity contribution in [3.05, 3.63) is 42.1 Å². The fourth-order valence-corrected chi connectivity index (χ4v) is 4.21. The predicted molar refractivity (Wildman–Crippen MR) is 129 cm³/mol. The molecule has 1 aliphatic rings. The molecule has 3 heterocycles. The third kappa shape index (κ3) is 4.93. The van der Waals surface area contributed by atoms with Gasteiger partial charge in [-0.3, -0.25) is 14.4 Å². The Bertz CT molecular complexity index is 906. The Kier molecular flexibility index (Phi) is 7.84. The van der Waals surface area contributed by atoms with E-state index in [1.54, 1.807) is 19.4 Å². The smallest absolute Gasteiger partial charge is 0.242 e. The molecular formula is C21H32IN7O. The molecule has 0 atom stereocenters. The number of piperazine rings is 1. The van der Waals surface area contributed by atoms with Gasteiger partial charge in [-0.05, 0) is 40.7 Å². The number of hydrogen-bond donors (Lipinski definition) is 1. The van der Waals surface area contributed by atoms with Crippen molar-refractivity contribution < 1.29 is 4.79 Å². The Hall–Kier alpha value is -2.17. The van der Waals surface area contributed by atoms with Crippen LogP contribution in [0, 0.1) is 6.92 Å². The van der Waals surface area contributed by atoms with E-state index in [4.69, 9.17) is 0 Å². The van der Waals surface area contributed by atoms with Crippen molar-refractivity contribution in [1.82, 2.24) is 29.7 Å². The SMILES string of the molecule is CN=C(NCc1cccnc1-n1ccnc1C)N1CC(=O)N(C(C)C)C(C)(C)C1.I. The fourth-order valence-electron chi connectivity index (χ4n) is 4.21. The molecule has 9 heteroatoms.